The lowest BCUT2D eigenvalue weighted by Gasteiger charge is -2.17. The van der Waals surface area contributed by atoms with E-state index >= 15 is 0 Å². The largest absolute Gasteiger partial charge is 0.338 e. The molecule has 0 saturated heterocycles. The maximum absolute atomic E-state index is 12.4. The molecule has 0 aromatic heterocycles. The molecule has 0 aliphatic rings. The molecule has 0 aliphatic heterocycles. The monoisotopic (exact) mass is 324 g/mol. The van der Waals surface area contributed by atoms with Gasteiger partial charge in [0, 0.05) is 17.7 Å². The number of hydrogen-bond donors (Lipinski definition) is 2. The standard InChI is InChI=1S/C18H16N2O4/c21-11-14-6-8-15(9-7-14)19-18(24)16(20-17(23)12-22)10-13-4-2-1-3-5-13/h1-9,11-12,16H,10H2,(H,19,24)(H,20,23). The second kappa shape index (κ2) is 8.38. The minimum atomic E-state index is -0.893. The van der Waals surface area contributed by atoms with Crippen LogP contribution in [0, 0.1) is 0 Å². The molecule has 2 aromatic carbocycles. The average molecular weight is 324 g/mol. The first kappa shape index (κ1) is 17.1. The van der Waals surface area contributed by atoms with E-state index in [-0.39, 0.29) is 12.7 Å². The fourth-order valence-electron chi connectivity index (χ4n) is 2.14. The molecule has 6 heteroatoms. The SMILES string of the molecule is O=CC(=O)NC(Cc1ccccc1)C(=O)Nc1ccc(C=O)cc1. The van der Waals surface area contributed by atoms with Crippen LogP contribution in [0.3, 0.4) is 0 Å². The van der Waals surface area contributed by atoms with E-state index in [9.17, 15) is 19.2 Å². The highest BCUT2D eigenvalue weighted by Crippen LogP contribution is 2.10. The number of hydrogen-bond acceptors (Lipinski definition) is 4. The molecule has 0 fully saturated rings. The van der Waals surface area contributed by atoms with Gasteiger partial charge in [-0.1, -0.05) is 30.3 Å². The summed E-state index contributed by atoms with van der Waals surface area (Å²) in [5.74, 6) is -1.31. The Kier molecular flexibility index (Phi) is 5.96. The molecule has 0 heterocycles. The minimum Gasteiger partial charge on any atom is -0.338 e. The Bertz CT molecular complexity index is 726. The van der Waals surface area contributed by atoms with Gasteiger partial charge >= 0.3 is 0 Å². The van der Waals surface area contributed by atoms with Gasteiger partial charge in [-0.05, 0) is 29.8 Å². The van der Waals surface area contributed by atoms with Gasteiger partial charge in [0.2, 0.25) is 12.2 Å². The lowest BCUT2D eigenvalue weighted by molar-refractivity contribution is -0.133. The first-order valence-corrected chi connectivity index (χ1v) is 7.28. The van der Waals surface area contributed by atoms with Gasteiger partial charge in [0.05, 0.1) is 0 Å². The van der Waals surface area contributed by atoms with Crippen LogP contribution < -0.4 is 10.6 Å². The summed E-state index contributed by atoms with van der Waals surface area (Å²) >= 11 is 0. The molecule has 24 heavy (non-hydrogen) atoms. The summed E-state index contributed by atoms with van der Waals surface area (Å²) in [6, 6.07) is 14.6. The number of carbonyl (C=O) groups is 4. The summed E-state index contributed by atoms with van der Waals surface area (Å²) in [7, 11) is 0. The molecule has 0 bridgehead atoms. The van der Waals surface area contributed by atoms with Gasteiger partial charge in [-0.25, -0.2) is 0 Å². The summed E-state index contributed by atoms with van der Waals surface area (Å²) < 4.78 is 0. The summed E-state index contributed by atoms with van der Waals surface area (Å²) in [5.41, 5.74) is 1.83. The third-order valence-electron chi connectivity index (χ3n) is 3.34. The number of anilines is 1. The zero-order valence-electron chi connectivity index (χ0n) is 12.8. The summed E-state index contributed by atoms with van der Waals surface area (Å²) in [5, 5.41) is 5.04. The molecule has 1 atom stereocenters. The van der Waals surface area contributed by atoms with Crippen LogP contribution in [-0.2, 0) is 20.8 Å². The Labute approximate surface area is 138 Å². The Morgan fingerprint density at radius 2 is 1.62 bits per heavy atom. The van der Waals surface area contributed by atoms with Crippen molar-refractivity contribution in [2.75, 3.05) is 5.32 Å². The summed E-state index contributed by atoms with van der Waals surface area (Å²) in [6.45, 7) is 0. The van der Waals surface area contributed by atoms with Crippen molar-refractivity contribution in [2.45, 2.75) is 12.5 Å². The molecule has 2 N–H and O–H groups in total. The van der Waals surface area contributed by atoms with Crippen molar-refractivity contribution >= 4 is 30.1 Å². The van der Waals surface area contributed by atoms with E-state index in [1.54, 1.807) is 24.3 Å². The van der Waals surface area contributed by atoms with Crippen LogP contribution in [0.4, 0.5) is 5.69 Å². The van der Waals surface area contributed by atoms with Crippen molar-refractivity contribution in [3.05, 3.63) is 65.7 Å². The van der Waals surface area contributed by atoms with Gasteiger partial charge in [0.15, 0.2) is 0 Å². The Balaban J connectivity index is 2.11. The first-order valence-electron chi connectivity index (χ1n) is 7.28. The van der Waals surface area contributed by atoms with E-state index in [0.717, 1.165) is 5.56 Å². The first-order chi connectivity index (χ1) is 11.6. The van der Waals surface area contributed by atoms with Crippen molar-refractivity contribution in [2.24, 2.45) is 0 Å². The number of aldehydes is 2. The van der Waals surface area contributed by atoms with Gasteiger partial charge in [-0.3, -0.25) is 19.2 Å². The van der Waals surface area contributed by atoms with E-state index in [4.69, 9.17) is 0 Å². The Morgan fingerprint density at radius 3 is 2.21 bits per heavy atom. The van der Waals surface area contributed by atoms with E-state index in [1.807, 2.05) is 30.3 Å². The van der Waals surface area contributed by atoms with E-state index in [1.165, 1.54) is 0 Å². The number of amides is 2. The van der Waals surface area contributed by atoms with Gasteiger partial charge in [0.25, 0.3) is 5.91 Å². The van der Waals surface area contributed by atoms with E-state index in [2.05, 4.69) is 10.6 Å². The number of nitrogens with one attached hydrogen (secondary N) is 2. The second-order valence-electron chi connectivity index (χ2n) is 5.10. The smallest absolute Gasteiger partial charge is 0.284 e. The molecule has 0 radical (unpaired) electrons. The summed E-state index contributed by atoms with van der Waals surface area (Å²) in [6.07, 6.45) is 1.08. The third-order valence-corrected chi connectivity index (χ3v) is 3.34. The summed E-state index contributed by atoms with van der Waals surface area (Å²) in [4.78, 5) is 45.0. The van der Waals surface area contributed by atoms with Crippen LogP contribution in [0.25, 0.3) is 0 Å². The van der Waals surface area contributed by atoms with Gasteiger partial charge in [0.1, 0.15) is 12.3 Å². The van der Waals surface area contributed by atoms with Crippen LogP contribution in [0.5, 0.6) is 0 Å². The molecule has 0 spiro atoms. The minimum absolute atomic E-state index is 0.129. The van der Waals surface area contributed by atoms with Crippen LogP contribution in [0.15, 0.2) is 54.6 Å². The van der Waals surface area contributed by atoms with Gasteiger partial charge in [-0.2, -0.15) is 0 Å². The highest BCUT2D eigenvalue weighted by molar-refractivity contribution is 6.24. The average Bonchev–Trinajstić information content (AvgIpc) is 2.62. The zero-order valence-corrected chi connectivity index (χ0v) is 12.8. The van der Waals surface area contributed by atoms with E-state index < -0.39 is 17.9 Å². The number of benzene rings is 2. The maximum atomic E-state index is 12.4. The maximum Gasteiger partial charge on any atom is 0.284 e. The predicted octanol–water partition coefficient (Wildman–Crippen LogP) is 1.36. The van der Waals surface area contributed by atoms with Crippen molar-refractivity contribution in [3.63, 3.8) is 0 Å². The highest BCUT2D eigenvalue weighted by Gasteiger charge is 2.21. The van der Waals surface area contributed by atoms with Crippen LogP contribution in [0.2, 0.25) is 0 Å². The van der Waals surface area contributed by atoms with Crippen molar-refractivity contribution in [1.29, 1.82) is 0 Å². The molecule has 2 amide bonds. The van der Waals surface area contributed by atoms with E-state index in [0.29, 0.717) is 17.5 Å². The van der Waals surface area contributed by atoms with Crippen LogP contribution in [0.1, 0.15) is 15.9 Å². The Hall–Kier alpha value is -3.28. The molecule has 1 unspecified atom stereocenters. The van der Waals surface area contributed by atoms with Gasteiger partial charge in [-0.15, -0.1) is 0 Å². The number of rotatable bonds is 7. The zero-order chi connectivity index (χ0) is 17.4. The molecule has 0 saturated carbocycles. The molecule has 2 rings (SSSR count). The quantitative estimate of drug-likeness (QED) is 0.594. The fraction of sp³-hybridized carbons (Fsp3) is 0.111. The van der Waals surface area contributed by atoms with Gasteiger partial charge < -0.3 is 10.6 Å². The lowest BCUT2D eigenvalue weighted by atomic mass is 10.0. The van der Waals surface area contributed by atoms with Crippen molar-refractivity contribution in [3.8, 4) is 0 Å². The lowest BCUT2D eigenvalue weighted by Crippen LogP contribution is -2.45. The molecule has 0 aliphatic carbocycles. The molecular weight excluding hydrogens is 308 g/mol. The highest BCUT2D eigenvalue weighted by atomic mass is 16.2. The third kappa shape index (κ3) is 4.88. The van der Waals surface area contributed by atoms with Crippen molar-refractivity contribution < 1.29 is 19.2 Å². The molecule has 122 valence electrons. The normalized spacial score (nSPS) is 11.2. The molecule has 6 nitrogen and oxygen atoms in total. The fourth-order valence-corrected chi connectivity index (χ4v) is 2.14. The van der Waals surface area contributed by atoms with Crippen LogP contribution in [-0.4, -0.2) is 30.4 Å². The number of carbonyl (C=O) groups excluding carboxylic acids is 4. The van der Waals surface area contributed by atoms with Crippen molar-refractivity contribution in [1.82, 2.24) is 5.32 Å². The topological polar surface area (TPSA) is 92.3 Å². The molecular formula is C18H16N2O4. The Morgan fingerprint density at radius 1 is 0.958 bits per heavy atom. The predicted molar refractivity (Wildman–Crippen MR) is 88.6 cm³/mol. The second-order valence-corrected chi connectivity index (χ2v) is 5.10. The van der Waals surface area contributed by atoms with Crippen LogP contribution >= 0.6 is 0 Å². The molecule has 2 aromatic rings.